The first kappa shape index (κ1) is 14.2. The van der Waals surface area contributed by atoms with Crippen LogP contribution >= 0.6 is 15.9 Å². The smallest absolute Gasteiger partial charge is 0.312 e. The third-order valence-electron chi connectivity index (χ3n) is 2.97. The van der Waals surface area contributed by atoms with E-state index in [0.29, 0.717) is 17.5 Å². The van der Waals surface area contributed by atoms with Crippen LogP contribution in [0.25, 0.3) is 0 Å². The molecule has 1 fully saturated rings. The summed E-state index contributed by atoms with van der Waals surface area (Å²) in [4.78, 5) is 10.5. The lowest BCUT2D eigenvalue weighted by Crippen LogP contribution is -2.55. The number of rotatable bonds is 5. The van der Waals surface area contributed by atoms with Crippen molar-refractivity contribution in [3.8, 4) is 5.75 Å². The van der Waals surface area contributed by atoms with Crippen molar-refractivity contribution in [2.45, 2.75) is 31.7 Å². The van der Waals surface area contributed by atoms with Gasteiger partial charge >= 0.3 is 5.69 Å². The van der Waals surface area contributed by atoms with Crippen molar-refractivity contribution in [1.82, 2.24) is 0 Å². The molecule has 0 saturated heterocycles. The number of nitro groups is 1. The summed E-state index contributed by atoms with van der Waals surface area (Å²) in [6, 6.07) is 4.60. The van der Waals surface area contributed by atoms with Crippen molar-refractivity contribution >= 4 is 21.6 Å². The minimum Gasteiger partial charge on any atom is -0.481 e. The average molecular weight is 332 g/mol. The molecule has 1 aliphatic carbocycles. The minimum absolute atomic E-state index is 0.106. The molecule has 104 valence electrons. The van der Waals surface area contributed by atoms with Crippen molar-refractivity contribution in [3.63, 3.8) is 0 Å². The van der Waals surface area contributed by atoms with Gasteiger partial charge in [-0.05, 0) is 19.1 Å². The van der Waals surface area contributed by atoms with E-state index >= 15 is 0 Å². The van der Waals surface area contributed by atoms with Gasteiger partial charge in [-0.15, -0.1) is 0 Å². The van der Waals surface area contributed by atoms with Gasteiger partial charge < -0.3 is 14.6 Å². The Labute approximate surface area is 118 Å². The third kappa shape index (κ3) is 3.05. The lowest BCUT2D eigenvalue weighted by atomic mass is 9.88. The van der Waals surface area contributed by atoms with Crippen LogP contribution in [-0.4, -0.2) is 34.9 Å². The Morgan fingerprint density at radius 2 is 2.32 bits per heavy atom. The van der Waals surface area contributed by atoms with E-state index in [1.54, 1.807) is 6.07 Å². The summed E-state index contributed by atoms with van der Waals surface area (Å²) in [6.07, 6.45) is -0.930. The average Bonchev–Trinajstić information content (AvgIpc) is 2.37. The van der Waals surface area contributed by atoms with Crippen LogP contribution in [0, 0.1) is 10.1 Å². The first-order valence-electron chi connectivity index (χ1n) is 5.93. The Morgan fingerprint density at radius 3 is 2.89 bits per heavy atom. The van der Waals surface area contributed by atoms with Gasteiger partial charge in [0.25, 0.3) is 0 Å². The SMILES string of the molecule is CCOC1C(O)CC1Oc1ccc(Br)cc1[N+](=O)[O-]. The van der Waals surface area contributed by atoms with Gasteiger partial charge in [-0.3, -0.25) is 10.1 Å². The van der Waals surface area contributed by atoms with Gasteiger partial charge in [-0.1, -0.05) is 15.9 Å². The summed E-state index contributed by atoms with van der Waals surface area (Å²) in [5.41, 5.74) is -0.106. The molecule has 1 saturated carbocycles. The number of hydrogen-bond donors (Lipinski definition) is 1. The van der Waals surface area contributed by atoms with Gasteiger partial charge in [0.1, 0.15) is 12.2 Å². The Hall–Kier alpha value is -1.18. The highest BCUT2D eigenvalue weighted by Crippen LogP contribution is 2.35. The summed E-state index contributed by atoms with van der Waals surface area (Å²) in [6.45, 7) is 2.29. The second-order valence-electron chi connectivity index (χ2n) is 4.25. The van der Waals surface area contributed by atoms with Crippen molar-refractivity contribution in [3.05, 3.63) is 32.8 Å². The van der Waals surface area contributed by atoms with Crippen LogP contribution in [0.4, 0.5) is 5.69 Å². The first-order valence-corrected chi connectivity index (χ1v) is 6.72. The molecule has 0 bridgehead atoms. The summed E-state index contributed by atoms with van der Waals surface area (Å²) in [5.74, 6) is 0.190. The van der Waals surface area contributed by atoms with E-state index < -0.39 is 17.1 Å². The van der Waals surface area contributed by atoms with Gasteiger partial charge in [0.05, 0.1) is 11.0 Å². The van der Waals surface area contributed by atoms with E-state index in [-0.39, 0.29) is 17.5 Å². The van der Waals surface area contributed by atoms with E-state index in [4.69, 9.17) is 9.47 Å². The maximum Gasteiger partial charge on any atom is 0.312 e. The highest BCUT2D eigenvalue weighted by molar-refractivity contribution is 9.10. The van der Waals surface area contributed by atoms with Crippen LogP contribution in [0.15, 0.2) is 22.7 Å². The standard InChI is InChI=1S/C12H14BrNO5/c1-2-18-12-9(15)6-11(12)19-10-4-3-7(13)5-8(10)14(16)17/h3-5,9,11-12,15H,2,6H2,1H3. The fourth-order valence-electron chi connectivity index (χ4n) is 1.98. The second kappa shape index (κ2) is 5.85. The van der Waals surface area contributed by atoms with E-state index in [1.165, 1.54) is 12.1 Å². The number of halogens is 1. The monoisotopic (exact) mass is 331 g/mol. The fraction of sp³-hybridized carbons (Fsp3) is 0.500. The van der Waals surface area contributed by atoms with Gasteiger partial charge in [0.15, 0.2) is 5.75 Å². The van der Waals surface area contributed by atoms with Gasteiger partial charge in [-0.2, -0.15) is 0 Å². The van der Waals surface area contributed by atoms with Gasteiger partial charge in [-0.25, -0.2) is 0 Å². The molecule has 3 unspecified atom stereocenters. The summed E-state index contributed by atoms with van der Waals surface area (Å²) >= 11 is 3.18. The molecule has 0 radical (unpaired) electrons. The molecule has 0 heterocycles. The van der Waals surface area contributed by atoms with Gasteiger partial charge in [0, 0.05) is 23.6 Å². The largest absolute Gasteiger partial charge is 0.481 e. The van der Waals surface area contributed by atoms with Crippen LogP contribution < -0.4 is 4.74 Å². The molecule has 7 heteroatoms. The minimum atomic E-state index is -0.570. The first-order chi connectivity index (χ1) is 9.02. The summed E-state index contributed by atoms with van der Waals surface area (Å²) in [5, 5.41) is 20.5. The van der Waals surface area contributed by atoms with Crippen LogP contribution in [0.2, 0.25) is 0 Å². The molecule has 0 aromatic heterocycles. The molecule has 1 aliphatic rings. The van der Waals surface area contributed by atoms with Crippen LogP contribution in [0.1, 0.15) is 13.3 Å². The van der Waals surface area contributed by atoms with Crippen molar-refractivity contribution < 1.29 is 19.5 Å². The maximum atomic E-state index is 11.0. The molecule has 0 aliphatic heterocycles. The number of ether oxygens (including phenoxy) is 2. The van der Waals surface area contributed by atoms with Crippen LogP contribution in [0.3, 0.4) is 0 Å². The Kier molecular flexibility index (Phi) is 4.38. The zero-order valence-electron chi connectivity index (χ0n) is 10.3. The number of benzene rings is 1. The van der Waals surface area contributed by atoms with E-state index in [1.807, 2.05) is 6.92 Å². The van der Waals surface area contributed by atoms with Crippen molar-refractivity contribution in [2.75, 3.05) is 6.61 Å². The third-order valence-corrected chi connectivity index (χ3v) is 3.47. The van der Waals surface area contributed by atoms with E-state index in [9.17, 15) is 15.2 Å². The fourth-order valence-corrected chi connectivity index (χ4v) is 2.33. The van der Waals surface area contributed by atoms with Crippen LogP contribution in [-0.2, 0) is 4.74 Å². The molecular formula is C12H14BrNO5. The Balaban J connectivity index is 2.13. The number of hydrogen-bond acceptors (Lipinski definition) is 5. The number of nitro benzene ring substituents is 1. The van der Waals surface area contributed by atoms with E-state index in [2.05, 4.69) is 15.9 Å². The number of aliphatic hydroxyl groups excluding tert-OH is 1. The predicted molar refractivity (Wildman–Crippen MR) is 71.3 cm³/mol. The molecule has 2 rings (SSSR count). The quantitative estimate of drug-likeness (QED) is 0.661. The highest BCUT2D eigenvalue weighted by Gasteiger charge is 2.43. The van der Waals surface area contributed by atoms with Crippen molar-refractivity contribution in [2.24, 2.45) is 0 Å². The van der Waals surface area contributed by atoms with E-state index in [0.717, 1.165) is 0 Å². The zero-order chi connectivity index (χ0) is 14.0. The summed E-state index contributed by atoms with van der Waals surface area (Å²) in [7, 11) is 0. The molecule has 3 atom stereocenters. The number of nitrogens with zero attached hydrogens (tertiary/aromatic N) is 1. The second-order valence-corrected chi connectivity index (χ2v) is 5.16. The van der Waals surface area contributed by atoms with Crippen molar-refractivity contribution in [1.29, 1.82) is 0 Å². The molecule has 0 spiro atoms. The molecule has 1 N–H and O–H groups in total. The summed E-state index contributed by atoms with van der Waals surface area (Å²) < 4.78 is 11.5. The van der Waals surface area contributed by atoms with Gasteiger partial charge in [0.2, 0.25) is 0 Å². The molecule has 1 aromatic rings. The molecular weight excluding hydrogens is 318 g/mol. The Bertz CT molecular complexity index is 481. The topological polar surface area (TPSA) is 81.8 Å². The lowest BCUT2D eigenvalue weighted by Gasteiger charge is -2.40. The highest BCUT2D eigenvalue weighted by atomic mass is 79.9. The number of aliphatic hydroxyl groups is 1. The van der Waals surface area contributed by atoms with Crippen LogP contribution in [0.5, 0.6) is 5.75 Å². The zero-order valence-corrected chi connectivity index (χ0v) is 11.9. The normalized spacial score (nSPS) is 25.7. The predicted octanol–water partition coefficient (Wildman–Crippen LogP) is 2.27. The Morgan fingerprint density at radius 1 is 1.58 bits per heavy atom. The lowest BCUT2D eigenvalue weighted by molar-refractivity contribution is -0.386. The maximum absolute atomic E-state index is 11.0. The molecule has 19 heavy (non-hydrogen) atoms. The molecule has 6 nitrogen and oxygen atoms in total. The molecule has 0 amide bonds. The molecule has 1 aromatic carbocycles.